The van der Waals surface area contributed by atoms with Crippen LogP contribution >= 0.6 is 0 Å². The molecule has 1 atom stereocenters. The summed E-state index contributed by atoms with van der Waals surface area (Å²) in [6, 6.07) is 12.3. The summed E-state index contributed by atoms with van der Waals surface area (Å²) in [4.78, 5) is 0. The van der Waals surface area contributed by atoms with Crippen molar-refractivity contribution < 1.29 is 9.67 Å². The van der Waals surface area contributed by atoms with Gasteiger partial charge in [0.15, 0.2) is 12.7 Å². The zero-order valence-corrected chi connectivity index (χ0v) is 8.22. The van der Waals surface area contributed by atoms with Gasteiger partial charge >= 0.3 is 0 Å². The molecule has 0 amide bonds. The lowest BCUT2D eigenvalue weighted by atomic mass is 10.2. The molecular weight excluding hydrogens is 174 g/mol. The molecule has 0 saturated carbocycles. The molecule has 0 fully saturated rings. The van der Waals surface area contributed by atoms with E-state index >= 15 is 0 Å². The van der Waals surface area contributed by atoms with E-state index in [0.717, 1.165) is 5.52 Å². The molecular formula is C12H14NO+. The topological polar surface area (TPSA) is 24.1 Å². The van der Waals surface area contributed by atoms with Crippen molar-refractivity contribution in [2.45, 2.75) is 19.6 Å². The monoisotopic (exact) mass is 188 g/mol. The molecule has 14 heavy (non-hydrogen) atoms. The van der Waals surface area contributed by atoms with Gasteiger partial charge in [-0.05, 0) is 19.1 Å². The van der Waals surface area contributed by atoms with Crippen molar-refractivity contribution in [2.75, 3.05) is 0 Å². The van der Waals surface area contributed by atoms with E-state index in [1.807, 2.05) is 24.4 Å². The number of aromatic nitrogens is 1. The number of nitrogens with zero attached hydrogens (tertiary/aromatic N) is 1. The van der Waals surface area contributed by atoms with Gasteiger partial charge in [-0.3, -0.25) is 0 Å². The van der Waals surface area contributed by atoms with E-state index in [0.29, 0.717) is 6.54 Å². The van der Waals surface area contributed by atoms with Crippen LogP contribution in [0.4, 0.5) is 0 Å². The highest BCUT2D eigenvalue weighted by molar-refractivity contribution is 5.74. The molecule has 0 aliphatic heterocycles. The van der Waals surface area contributed by atoms with Crippen LogP contribution in [0.15, 0.2) is 42.6 Å². The summed E-state index contributed by atoms with van der Waals surface area (Å²) in [6.07, 6.45) is 1.68. The largest absolute Gasteiger partial charge is 0.387 e. The Hall–Kier alpha value is -1.41. The van der Waals surface area contributed by atoms with Gasteiger partial charge in [0, 0.05) is 17.5 Å². The summed E-state index contributed by atoms with van der Waals surface area (Å²) >= 11 is 0. The maximum Gasteiger partial charge on any atom is 0.212 e. The molecule has 1 aromatic heterocycles. The van der Waals surface area contributed by atoms with E-state index in [4.69, 9.17) is 0 Å². The lowest BCUT2D eigenvalue weighted by Crippen LogP contribution is -2.39. The van der Waals surface area contributed by atoms with Gasteiger partial charge in [-0.25, -0.2) is 0 Å². The van der Waals surface area contributed by atoms with Gasteiger partial charge in [-0.1, -0.05) is 12.1 Å². The number of benzene rings is 1. The fourth-order valence-electron chi connectivity index (χ4n) is 1.66. The molecule has 2 rings (SSSR count). The van der Waals surface area contributed by atoms with Crippen molar-refractivity contribution in [2.24, 2.45) is 0 Å². The Morgan fingerprint density at radius 1 is 1.21 bits per heavy atom. The standard InChI is InChI=1S/C12H14NO/c1-10(14)9-13-8-4-6-11-5-2-3-7-12(11)13/h2-8,10,14H,9H2,1H3/q+1/t10-/m0/s1. The van der Waals surface area contributed by atoms with Crippen LogP contribution in [0, 0.1) is 0 Å². The van der Waals surface area contributed by atoms with Crippen LogP contribution in [0.1, 0.15) is 6.92 Å². The third kappa shape index (κ3) is 1.75. The minimum Gasteiger partial charge on any atom is -0.387 e. The van der Waals surface area contributed by atoms with E-state index in [2.05, 4.69) is 22.8 Å². The molecule has 0 aliphatic rings. The first kappa shape index (κ1) is 9.16. The Labute approximate surface area is 83.4 Å². The Kier molecular flexibility index (Phi) is 2.46. The predicted molar refractivity (Wildman–Crippen MR) is 55.8 cm³/mol. The average molecular weight is 188 g/mol. The molecule has 0 saturated heterocycles. The van der Waals surface area contributed by atoms with Crippen molar-refractivity contribution in [3.8, 4) is 0 Å². The molecule has 1 N–H and O–H groups in total. The van der Waals surface area contributed by atoms with Crippen molar-refractivity contribution in [1.29, 1.82) is 0 Å². The van der Waals surface area contributed by atoms with Gasteiger partial charge < -0.3 is 5.11 Å². The molecule has 0 bridgehead atoms. The number of para-hydroxylation sites is 1. The van der Waals surface area contributed by atoms with Gasteiger partial charge in [0.1, 0.15) is 6.10 Å². The minimum absolute atomic E-state index is 0.314. The van der Waals surface area contributed by atoms with Crippen LogP contribution in [-0.2, 0) is 6.54 Å². The molecule has 2 aromatic rings. The normalized spacial score (nSPS) is 13.0. The van der Waals surface area contributed by atoms with E-state index in [9.17, 15) is 5.11 Å². The molecule has 1 aromatic carbocycles. The summed E-state index contributed by atoms with van der Waals surface area (Å²) in [5.41, 5.74) is 1.16. The second kappa shape index (κ2) is 3.76. The first-order valence-electron chi connectivity index (χ1n) is 4.82. The van der Waals surface area contributed by atoms with Crippen LogP contribution in [0.3, 0.4) is 0 Å². The summed E-state index contributed by atoms with van der Waals surface area (Å²) in [5.74, 6) is 0. The van der Waals surface area contributed by atoms with E-state index in [-0.39, 0.29) is 6.10 Å². The minimum atomic E-state index is -0.314. The van der Waals surface area contributed by atoms with E-state index < -0.39 is 0 Å². The number of hydrogen-bond donors (Lipinski definition) is 1. The van der Waals surface area contributed by atoms with Crippen LogP contribution < -0.4 is 4.57 Å². The predicted octanol–water partition coefficient (Wildman–Crippen LogP) is 1.51. The van der Waals surface area contributed by atoms with Gasteiger partial charge in [-0.2, -0.15) is 4.57 Å². The lowest BCUT2D eigenvalue weighted by Gasteiger charge is -2.02. The van der Waals surface area contributed by atoms with Crippen LogP contribution in [0.25, 0.3) is 10.9 Å². The van der Waals surface area contributed by atoms with E-state index in [1.54, 1.807) is 6.92 Å². The summed E-state index contributed by atoms with van der Waals surface area (Å²) in [5, 5.41) is 10.5. The molecule has 0 radical (unpaired) electrons. The number of aliphatic hydroxyl groups excluding tert-OH is 1. The van der Waals surface area contributed by atoms with Crippen molar-refractivity contribution in [1.82, 2.24) is 0 Å². The number of pyridine rings is 1. The fraction of sp³-hybridized carbons (Fsp3) is 0.250. The van der Waals surface area contributed by atoms with E-state index in [1.165, 1.54) is 5.39 Å². The first-order valence-corrected chi connectivity index (χ1v) is 4.82. The maximum atomic E-state index is 9.34. The van der Waals surface area contributed by atoms with Crippen molar-refractivity contribution >= 4 is 10.9 Å². The summed E-state index contributed by atoms with van der Waals surface area (Å²) in [6.45, 7) is 2.44. The zero-order valence-electron chi connectivity index (χ0n) is 8.22. The highest BCUT2D eigenvalue weighted by atomic mass is 16.3. The molecule has 72 valence electrons. The second-order valence-electron chi connectivity index (χ2n) is 3.57. The second-order valence-corrected chi connectivity index (χ2v) is 3.57. The number of rotatable bonds is 2. The number of fused-ring (bicyclic) bond motifs is 1. The molecule has 0 aliphatic carbocycles. The quantitative estimate of drug-likeness (QED) is 0.710. The van der Waals surface area contributed by atoms with Gasteiger partial charge in [-0.15, -0.1) is 0 Å². The average Bonchev–Trinajstić information content (AvgIpc) is 2.18. The van der Waals surface area contributed by atoms with Crippen LogP contribution in [-0.4, -0.2) is 11.2 Å². The maximum absolute atomic E-state index is 9.34. The number of aliphatic hydroxyl groups is 1. The van der Waals surface area contributed by atoms with Gasteiger partial charge in [0.2, 0.25) is 5.52 Å². The van der Waals surface area contributed by atoms with Gasteiger partial charge in [0.25, 0.3) is 0 Å². The Bertz CT molecular complexity index is 432. The smallest absolute Gasteiger partial charge is 0.212 e. The summed E-state index contributed by atoms with van der Waals surface area (Å²) < 4.78 is 2.07. The third-order valence-electron chi connectivity index (χ3n) is 2.25. The Balaban J connectivity index is 2.53. The first-order chi connectivity index (χ1) is 6.77. The molecule has 2 heteroatoms. The fourth-order valence-corrected chi connectivity index (χ4v) is 1.66. The van der Waals surface area contributed by atoms with Crippen molar-refractivity contribution in [3.63, 3.8) is 0 Å². The molecule has 0 unspecified atom stereocenters. The molecule has 1 heterocycles. The SMILES string of the molecule is C[C@H](O)C[n+]1cccc2ccccc21. The summed E-state index contributed by atoms with van der Waals surface area (Å²) in [7, 11) is 0. The Morgan fingerprint density at radius 3 is 2.71 bits per heavy atom. The lowest BCUT2D eigenvalue weighted by molar-refractivity contribution is -0.678. The zero-order chi connectivity index (χ0) is 9.97. The van der Waals surface area contributed by atoms with Crippen LogP contribution in [0.2, 0.25) is 0 Å². The highest BCUT2D eigenvalue weighted by Crippen LogP contribution is 2.07. The van der Waals surface area contributed by atoms with Crippen LogP contribution in [0.5, 0.6) is 0 Å². The number of hydrogen-bond acceptors (Lipinski definition) is 1. The van der Waals surface area contributed by atoms with Crippen molar-refractivity contribution in [3.05, 3.63) is 42.6 Å². The Morgan fingerprint density at radius 2 is 1.93 bits per heavy atom. The highest BCUT2D eigenvalue weighted by Gasteiger charge is 2.09. The third-order valence-corrected chi connectivity index (χ3v) is 2.25. The van der Waals surface area contributed by atoms with Gasteiger partial charge in [0.05, 0.1) is 0 Å². The molecule has 0 spiro atoms. The molecule has 2 nitrogen and oxygen atoms in total.